The number of carbonyl (C=O) groups excluding carboxylic acids is 2. The van der Waals surface area contributed by atoms with Crippen LogP contribution >= 0.6 is 0 Å². The molecule has 1 aliphatic rings. The van der Waals surface area contributed by atoms with Crippen LogP contribution in [0.4, 0.5) is 0 Å². The van der Waals surface area contributed by atoms with E-state index in [1.54, 1.807) is 37.3 Å². The van der Waals surface area contributed by atoms with Crippen molar-refractivity contribution in [3.8, 4) is 17.4 Å². The number of hydrogen-bond donors (Lipinski definition) is 0. The number of nitrogens with zero attached hydrogens (tertiary/aromatic N) is 1. The fourth-order valence-corrected chi connectivity index (χ4v) is 2.36. The topological polar surface area (TPSA) is 89.5 Å². The van der Waals surface area contributed by atoms with E-state index in [4.69, 9.17) is 19.2 Å². The zero-order valence-corrected chi connectivity index (χ0v) is 12.9. The first kappa shape index (κ1) is 15.6. The molecule has 0 bridgehead atoms. The van der Waals surface area contributed by atoms with Gasteiger partial charge in [-0.15, -0.1) is 0 Å². The van der Waals surface area contributed by atoms with E-state index >= 15 is 0 Å². The molecule has 1 aromatic carbocycles. The zero-order chi connectivity index (χ0) is 17.1. The molecule has 0 fully saturated rings. The molecule has 0 atom stereocenters. The van der Waals surface area contributed by atoms with Crippen LogP contribution in [0.2, 0.25) is 0 Å². The number of cyclic esters (lactones) is 1. The average molecular weight is 323 g/mol. The van der Waals surface area contributed by atoms with Gasteiger partial charge < -0.3 is 13.9 Å². The van der Waals surface area contributed by atoms with Crippen molar-refractivity contribution >= 4 is 18.0 Å². The largest absolute Gasteiger partial charge is 0.462 e. The van der Waals surface area contributed by atoms with Gasteiger partial charge in [0.25, 0.3) is 0 Å². The molecule has 0 amide bonds. The second-order valence-corrected chi connectivity index (χ2v) is 5.04. The Labute approximate surface area is 137 Å². The number of benzene rings is 1. The summed E-state index contributed by atoms with van der Waals surface area (Å²) in [5.41, 5.74) is 2.00. The lowest BCUT2D eigenvalue weighted by Gasteiger charge is -2.00. The van der Waals surface area contributed by atoms with E-state index < -0.39 is 5.97 Å². The van der Waals surface area contributed by atoms with E-state index in [2.05, 4.69) is 0 Å². The highest BCUT2D eigenvalue weighted by Gasteiger charge is 2.21. The summed E-state index contributed by atoms with van der Waals surface area (Å²) < 4.78 is 15.4. The van der Waals surface area contributed by atoms with Crippen LogP contribution in [-0.4, -0.2) is 18.5 Å². The van der Waals surface area contributed by atoms with Crippen LogP contribution < -0.4 is 0 Å². The second-order valence-electron chi connectivity index (χ2n) is 5.04. The average Bonchev–Trinajstić information content (AvgIpc) is 3.19. The molecule has 0 radical (unpaired) electrons. The Kier molecular flexibility index (Phi) is 4.17. The molecule has 1 aromatic heterocycles. The first-order valence-electron chi connectivity index (χ1n) is 7.31. The van der Waals surface area contributed by atoms with E-state index in [-0.39, 0.29) is 24.8 Å². The summed E-state index contributed by atoms with van der Waals surface area (Å²) in [6, 6.07) is 10.4. The smallest absolute Gasteiger partial charge is 0.349 e. The number of rotatable bonds is 4. The number of esters is 2. The molecule has 6 heteroatoms. The van der Waals surface area contributed by atoms with Gasteiger partial charge in [0.05, 0.1) is 12.2 Å². The van der Waals surface area contributed by atoms with Crippen LogP contribution in [0.15, 0.2) is 40.3 Å². The van der Waals surface area contributed by atoms with Gasteiger partial charge in [-0.25, -0.2) is 9.59 Å². The summed E-state index contributed by atoms with van der Waals surface area (Å²) in [6.45, 7) is 2.11. The maximum atomic E-state index is 11.6. The first-order chi connectivity index (χ1) is 11.6. The van der Waals surface area contributed by atoms with E-state index in [9.17, 15) is 9.59 Å². The molecule has 0 N–H and O–H groups in total. The highest BCUT2D eigenvalue weighted by Crippen LogP contribution is 2.28. The van der Waals surface area contributed by atoms with Crippen LogP contribution in [0, 0.1) is 11.3 Å². The van der Waals surface area contributed by atoms with E-state index in [1.807, 2.05) is 6.07 Å². The Morgan fingerprint density at radius 3 is 2.96 bits per heavy atom. The molecule has 3 rings (SSSR count). The number of hydrogen-bond acceptors (Lipinski definition) is 6. The van der Waals surface area contributed by atoms with Crippen molar-refractivity contribution in [3.05, 3.63) is 52.8 Å². The van der Waals surface area contributed by atoms with Gasteiger partial charge in [-0.1, -0.05) is 6.07 Å². The highest BCUT2D eigenvalue weighted by molar-refractivity contribution is 5.97. The van der Waals surface area contributed by atoms with Crippen molar-refractivity contribution in [1.82, 2.24) is 0 Å². The maximum absolute atomic E-state index is 11.6. The summed E-state index contributed by atoms with van der Waals surface area (Å²) in [7, 11) is 0. The third-order valence-corrected chi connectivity index (χ3v) is 3.50. The van der Waals surface area contributed by atoms with Crippen molar-refractivity contribution < 1.29 is 23.5 Å². The van der Waals surface area contributed by atoms with E-state index in [1.165, 1.54) is 6.08 Å². The lowest BCUT2D eigenvalue weighted by molar-refractivity contribution is -0.137. The molecule has 0 saturated heterocycles. The fraction of sp³-hybridized carbons (Fsp3) is 0.167. The van der Waals surface area contributed by atoms with Gasteiger partial charge in [0.15, 0.2) is 0 Å². The summed E-state index contributed by atoms with van der Waals surface area (Å²) in [4.78, 5) is 23.1. The van der Waals surface area contributed by atoms with Gasteiger partial charge in [-0.3, -0.25) is 0 Å². The lowest BCUT2D eigenvalue weighted by Crippen LogP contribution is -2.05. The third-order valence-electron chi connectivity index (χ3n) is 3.50. The van der Waals surface area contributed by atoms with Gasteiger partial charge in [-0.05, 0) is 31.2 Å². The fourth-order valence-electron chi connectivity index (χ4n) is 2.36. The lowest BCUT2D eigenvalue weighted by atomic mass is 10.0. The molecule has 2 aromatic rings. The van der Waals surface area contributed by atoms with Crippen LogP contribution in [0.1, 0.15) is 28.6 Å². The Balaban J connectivity index is 1.87. The highest BCUT2D eigenvalue weighted by atomic mass is 16.5. The van der Waals surface area contributed by atoms with Crippen molar-refractivity contribution in [2.24, 2.45) is 0 Å². The van der Waals surface area contributed by atoms with Crippen LogP contribution in [-0.2, 0) is 20.9 Å². The summed E-state index contributed by atoms with van der Waals surface area (Å²) in [6.07, 6.45) is 1.33. The molecule has 120 valence electrons. The molecule has 0 spiro atoms. The number of nitriles is 1. The standard InChI is InChI=1S/C18H13NO5/c1-2-22-17(20)12(9-19)8-14-4-6-16(24-14)11-3-5-15-13(7-11)10-23-18(15)21/h3-8H,2,10H2,1H3. The summed E-state index contributed by atoms with van der Waals surface area (Å²) in [5, 5.41) is 9.03. The van der Waals surface area contributed by atoms with Crippen LogP contribution in [0.25, 0.3) is 17.4 Å². The number of ether oxygens (including phenoxy) is 2. The normalized spacial score (nSPS) is 13.2. The first-order valence-corrected chi connectivity index (χ1v) is 7.31. The molecule has 6 nitrogen and oxygen atoms in total. The molecule has 0 aliphatic carbocycles. The van der Waals surface area contributed by atoms with Crippen molar-refractivity contribution in [2.75, 3.05) is 6.61 Å². The second kappa shape index (κ2) is 6.42. The van der Waals surface area contributed by atoms with Crippen molar-refractivity contribution in [1.29, 1.82) is 5.26 Å². The minimum absolute atomic E-state index is 0.134. The Bertz CT molecular complexity index is 885. The minimum Gasteiger partial charge on any atom is -0.462 e. The monoisotopic (exact) mass is 323 g/mol. The predicted octanol–water partition coefficient (Wildman–Crippen LogP) is 3.09. The predicted molar refractivity (Wildman–Crippen MR) is 83.5 cm³/mol. The Morgan fingerprint density at radius 2 is 2.21 bits per heavy atom. The van der Waals surface area contributed by atoms with Gasteiger partial charge >= 0.3 is 11.9 Å². The Morgan fingerprint density at radius 1 is 1.38 bits per heavy atom. The third kappa shape index (κ3) is 2.92. The summed E-state index contributed by atoms with van der Waals surface area (Å²) in [5.74, 6) is -0.0918. The van der Waals surface area contributed by atoms with Crippen LogP contribution in [0.5, 0.6) is 0 Å². The molecular weight excluding hydrogens is 310 g/mol. The van der Waals surface area contributed by atoms with Crippen LogP contribution in [0.3, 0.4) is 0 Å². The van der Waals surface area contributed by atoms with E-state index in [0.717, 1.165) is 11.1 Å². The molecule has 24 heavy (non-hydrogen) atoms. The zero-order valence-electron chi connectivity index (χ0n) is 12.9. The summed E-state index contributed by atoms with van der Waals surface area (Å²) >= 11 is 0. The maximum Gasteiger partial charge on any atom is 0.349 e. The number of carbonyl (C=O) groups is 2. The van der Waals surface area contributed by atoms with Crippen molar-refractivity contribution in [3.63, 3.8) is 0 Å². The molecular formula is C18H13NO5. The number of fused-ring (bicyclic) bond motifs is 1. The molecule has 2 heterocycles. The van der Waals surface area contributed by atoms with E-state index in [0.29, 0.717) is 17.1 Å². The quantitative estimate of drug-likeness (QED) is 0.488. The van der Waals surface area contributed by atoms with Gasteiger partial charge in [0.1, 0.15) is 29.8 Å². The molecule has 1 aliphatic heterocycles. The minimum atomic E-state index is -0.689. The molecule has 0 saturated carbocycles. The van der Waals surface area contributed by atoms with Gasteiger partial charge in [0.2, 0.25) is 0 Å². The van der Waals surface area contributed by atoms with Crippen molar-refractivity contribution in [2.45, 2.75) is 13.5 Å². The Hall–Kier alpha value is -3.33. The number of furan rings is 1. The van der Waals surface area contributed by atoms with Gasteiger partial charge in [-0.2, -0.15) is 5.26 Å². The van der Waals surface area contributed by atoms with Gasteiger partial charge in [0, 0.05) is 17.2 Å². The SMILES string of the molecule is CCOC(=O)C(C#N)=Cc1ccc(-c2ccc3c(c2)COC3=O)o1. The molecule has 0 unspecified atom stereocenters.